The molecule has 1 saturated heterocycles. The number of imidazole rings is 1. The van der Waals surface area contributed by atoms with Gasteiger partial charge in [0.25, 0.3) is 0 Å². The minimum atomic E-state index is -0.287. The fraction of sp³-hybridized carbons (Fsp3) is 0.261. The molecular formula is C23H23FN4O2. The monoisotopic (exact) mass is 406 g/mol. The van der Waals surface area contributed by atoms with Gasteiger partial charge in [-0.15, -0.1) is 0 Å². The Balaban J connectivity index is 1.69. The summed E-state index contributed by atoms with van der Waals surface area (Å²) in [6, 6.07) is 10.1. The molecule has 6 nitrogen and oxygen atoms in total. The Morgan fingerprint density at radius 2 is 1.97 bits per heavy atom. The molecule has 0 spiro atoms. The highest BCUT2D eigenvalue weighted by Gasteiger charge is 2.18. The van der Waals surface area contributed by atoms with E-state index in [2.05, 4.69) is 16.7 Å². The van der Waals surface area contributed by atoms with E-state index in [4.69, 9.17) is 14.5 Å². The largest absolute Gasteiger partial charge is 0.474 e. The Labute approximate surface area is 174 Å². The van der Waals surface area contributed by atoms with Gasteiger partial charge < -0.3 is 9.47 Å². The second-order valence-electron chi connectivity index (χ2n) is 7.03. The quantitative estimate of drug-likeness (QED) is 0.561. The molecule has 4 rings (SSSR count). The summed E-state index contributed by atoms with van der Waals surface area (Å²) in [7, 11) is 0. The van der Waals surface area contributed by atoms with Crippen LogP contribution in [0.2, 0.25) is 0 Å². The minimum absolute atomic E-state index is 0.128. The molecule has 0 radical (unpaired) electrons. The smallest absolute Gasteiger partial charge is 0.213 e. The number of benzene rings is 1. The van der Waals surface area contributed by atoms with Gasteiger partial charge in [-0.05, 0) is 50.0 Å². The molecule has 0 amide bonds. The highest BCUT2D eigenvalue weighted by atomic mass is 19.1. The van der Waals surface area contributed by atoms with Crippen LogP contribution in [-0.4, -0.2) is 40.6 Å². The van der Waals surface area contributed by atoms with E-state index in [1.807, 2.05) is 23.6 Å². The maximum absolute atomic E-state index is 13.4. The van der Waals surface area contributed by atoms with E-state index in [1.165, 1.54) is 12.1 Å². The van der Waals surface area contributed by atoms with Crippen molar-refractivity contribution in [1.82, 2.24) is 14.5 Å². The van der Waals surface area contributed by atoms with Crippen molar-refractivity contribution in [2.75, 3.05) is 13.2 Å². The van der Waals surface area contributed by atoms with Crippen LogP contribution in [-0.2, 0) is 4.74 Å². The lowest BCUT2D eigenvalue weighted by molar-refractivity contribution is 0.0237. The van der Waals surface area contributed by atoms with E-state index in [-0.39, 0.29) is 11.9 Å². The molecular weight excluding hydrogens is 383 g/mol. The van der Waals surface area contributed by atoms with Crippen molar-refractivity contribution >= 4 is 12.8 Å². The van der Waals surface area contributed by atoms with E-state index < -0.39 is 0 Å². The highest BCUT2D eigenvalue weighted by Crippen LogP contribution is 2.28. The van der Waals surface area contributed by atoms with Crippen molar-refractivity contribution in [2.24, 2.45) is 4.99 Å². The lowest BCUT2D eigenvalue weighted by Crippen LogP contribution is -2.26. The summed E-state index contributed by atoms with van der Waals surface area (Å²) >= 11 is 0. The van der Waals surface area contributed by atoms with Gasteiger partial charge >= 0.3 is 0 Å². The molecule has 154 valence electrons. The summed E-state index contributed by atoms with van der Waals surface area (Å²) in [4.78, 5) is 13.0. The normalized spacial score (nSPS) is 14.9. The van der Waals surface area contributed by atoms with Gasteiger partial charge in [0, 0.05) is 48.2 Å². The van der Waals surface area contributed by atoms with Crippen molar-refractivity contribution < 1.29 is 13.9 Å². The first-order valence-corrected chi connectivity index (χ1v) is 9.84. The van der Waals surface area contributed by atoms with Crippen LogP contribution in [0.1, 0.15) is 24.2 Å². The molecule has 1 aliphatic rings. The zero-order valence-corrected chi connectivity index (χ0v) is 16.8. The van der Waals surface area contributed by atoms with Gasteiger partial charge in [0.15, 0.2) is 0 Å². The number of hydrogen-bond donors (Lipinski definition) is 0. The van der Waals surface area contributed by atoms with Crippen molar-refractivity contribution in [2.45, 2.75) is 25.9 Å². The van der Waals surface area contributed by atoms with Crippen molar-refractivity contribution in [3.8, 4) is 23.0 Å². The van der Waals surface area contributed by atoms with Gasteiger partial charge in [-0.3, -0.25) is 9.56 Å². The molecule has 7 heteroatoms. The Bertz CT molecular complexity index is 1040. The molecule has 1 aromatic carbocycles. The SMILES string of the molecule is C=N/C=C\c1nc(-c2ccc(OC3CCOCC3)nc2)n(-c2ccc(F)cc2)c1C. The molecule has 1 fully saturated rings. The molecule has 0 saturated carbocycles. The third-order valence-corrected chi connectivity index (χ3v) is 5.02. The van der Waals surface area contributed by atoms with Gasteiger partial charge in [0.2, 0.25) is 5.88 Å². The molecule has 0 aliphatic carbocycles. The zero-order valence-electron chi connectivity index (χ0n) is 16.8. The summed E-state index contributed by atoms with van der Waals surface area (Å²) in [5.74, 6) is 0.997. The molecule has 0 bridgehead atoms. The van der Waals surface area contributed by atoms with Gasteiger partial charge in [-0.1, -0.05) is 0 Å². The number of aliphatic imine (C=N–C) groups is 1. The van der Waals surface area contributed by atoms with E-state index in [0.717, 1.165) is 35.5 Å². The molecule has 0 N–H and O–H groups in total. The van der Waals surface area contributed by atoms with Gasteiger partial charge in [0.05, 0.1) is 18.9 Å². The number of rotatable bonds is 6. The summed E-state index contributed by atoms with van der Waals surface area (Å²) in [5.41, 5.74) is 3.29. The predicted molar refractivity (Wildman–Crippen MR) is 115 cm³/mol. The van der Waals surface area contributed by atoms with Crippen LogP contribution in [0.15, 0.2) is 53.8 Å². The number of halogens is 1. The predicted octanol–water partition coefficient (Wildman–Crippen LogP) is 4.61. The maximum Gasteiger partial charge on any atom is 0.213 e. The van der Waals surface area contributed by atoms with Crippen LogP contribution in [0.3, 0.4) is 0 Å². The average molecular weight is 406 g/mol. The molecule has 3 aromatic rings. The highest BCUT2D eigenvalue weighted by molar-refractivity contribution is 5.64. The third-order valence-electron chi connectivity index (χ3n) is 5.02. The lowest BCUT2D eigenvalue weighted by atomic mass is 10.1. The Morgan fingerprint density at radius 1 is 1.20 bits per heavy atom. The Morgan fingerprint density at radius 3 is 2.63 bits per heavy atom. The number of nitrogens with zero attached hydrogens (tertiary/aromatic N) is 4. The van der Waals surface area contributed by atoms with Crippen LogP contribution in [0, 0.1) is 12.7 Å². The molecule has 30 heavy (non-hydrogen) atoms. The second-order valence-corrected chi connectivity index (χ2v) is 7.03. The van der Waals surface area contributed by atoms with E-state index in [9.17, 15) is 4.39 Å². The van der Waals surface area contributed by atoms with Gasteiger partial charge in [0.1, 0.15) is 17.7 Å². The first-order valence-electron chi connectivity index (χ1n) is 9.84. The maximum atomic E-state index is 13.4. The molecule has 2 aromatic heterocycles. The van der Waals surface area contributed by atoms with E-state index >= 15 is 0 Å². The fourth-order valence-corrected chi connectivity index (χ4v) is 3.45. The average Bonchev–Trinajstić information content (AvgIpc) is 3.10. The van der Waals surface area contributed by atoms with E-state index in [1.54, 1.807) is 30.6 Å². The lowest BCUT2D eigenvalue weighted by Gasteiger charge is -2.22. The molecule has 3 heterocycles. The zero-order chi connectivity index (χ0) is 20.9. The standard InChI is InChI=1S/C23H23FN4O2/c1-16-21(9-12-25-2)27-23(28(16)19-6-4-18(24)5-7-19)17-3-8-22(26-15-17)30-20-10-13-29-14-11-20/h3-9,12,15,20H,2,10-11,13-14H2,1H3/b12-9-. The number of ether oxygens (including phenoxy) is 2. The topological polar surface area (TPSA) is 61.5 Å². The van der Waals surface area contributed by atoms with Crippen molar-refractivity contribution in [3.05, 3.63) is 66.0 Å². The molecule has 0 atom stereocenters. The van der Waals surface area contributed by atoms with Crippen LogP contribution in [0.5, 0.6) is 5.88 Å². The van der Waals surface area contributed by atoms with Crippen LogP contribution in [0.25, 0.3) is 23.2 Å². The second kappa shape index (κ2) is 9.00. The third kappa shape index (κ3) is 4.31. The van der Waals surface area contributed by atoms with Crippen molar-refractivity contribution in [3.63, 3.8) is 0 Å². The number of hydrogen-bond acceptors (Lipinski definition) is 5. The van der Waals surface area contributed by atoms with Crippen LogP contribution >= 0.6 is 0 Å². The van der Waals surface area contributed by atoms with Crippen LogP contribution in [0.4, 0.5) is 4.39 Å². The van der Waals surface area contributed by atoms with Gasteiger partial charge in [-0.25, -0.2) is 14.4 Å². The van der Waals surface area contributed by atoms with E-state index in [0.29, 0.717) is 24.9 Å². The van der Waals surface area contributed by atoms with Crippen LogP contribution < -0.4 is 4.74 Å². The van der Waals surface area contributed by atoms with Crippen molar-refractivity contribution in [1.29, 1.82) is 0 Å². The summed E-state index contributed by atoms with van der Waals surface area (Å²) in [6.45, 7) is 6.86. The van der Waals surface area contributed by atoms with Gasteiger partial charge in [-0.2, -0.15) is 0 Å². The summed E-state index contributed by atoms with van der Waals surface area (Å²) in [6.07, 6.45) is 6.99. The Kier molecular flexibility index (Phi) is 5.99. The first kappa shape index (κ1) is 20.0. The fourth-order valence-electron chi connectivity index (χ4n) is 3.45. The minimum Gasteiger partial charge on any atom is -0.474 e. The molecule has 0 unspecified atom stereocenters. The molecule has 1 aliphatic heterocycles. The Hall–Kier alpha value is -3.32. The number of aromatic nitrogens is 3. The summed E-state index contributed by atoms with van der Waals surface area (Å²) < 4.78 is 26.8. The number of pyridine rings is 1. The first-order chi connectivity index (χ1) is 14.7. The summed E-state index contributed by atoms with van der Waals surface area (Å²) in [5, 5.41) is 0.